The van der Waals surface area contributed by atoms with Crippen molar-refractivity contribution in [1.29, 1.82) is 0 Å². The molecule has 2 rings (SSSR count). The lowest BCUT2D eigenvalue weighted by molar-refractivity contribution is -0.125. The minimum atomic E-state index is -0.411. The van der Waals surface area contributed by atoms with Gasteiger partial charge < -0.3 is 4.74 Å². The number of nitrogens with one attached hydrogen (secondary N) is 2. The first-order valence-corrected chi connectivity index (χ1v) is 5.76. The predicted molar refractivity (Wildman–Crippen MR) is 62.5 cm³/mol. The first-order valence-electron chi connectivity index (χ1n) is 5.76. The summed E-state index contributed by atoms with van der Waals surface area (Å²) in [6.45, 7) is 0.546. The molecule has 0 aromatic rings. The normalized spacial score (nSPS) is 18.3. The van der Waals surface area contributed by atoms with E-state index in [-0.39, 0.29) is 13.2 Å². The van der Waals surface area contributed by atoms with Crippen LogP contribution in [0.4, 0.5) is 0 Å². The summed E-state index contributed by atoms with van der Waals surface area (Å²) in [5.41, 5.74) is 0.774. The van der Waals surface area contributed by atoms with E-state index in [4.69, 9.17) is 4.74 Å². The second-order valence-electron chi connectivity index (χ2n) is 4.09. The van der Waals surface area contributed by atoms with Gasteiger partial charge in [-0.3, -0.25) is 29.8 Å². The highest BCUT2D eigenvalue weighted by atomic mass is 16.5. The van der Waals surface area contributed by atoms with Crippen LogP contribution in [0.3, 0.4) is 0 Å². The van der Waals surface area contributed by atoms with Gasteiger partial charge in [-0.25, -0.2) is 0 Å². The first-order chi connectivity index (χ1) is 9.06. The minimum absolute atomic E-state index is 0.273. The van der Waals surface area contributed by atoms with Crippen LogP contribution in [0.1, 0.15) is 12.8 Å². The van der Waals surface area contributed by atoms with Crippen LogP contribution in [0.15, 0.2) is 23.3 Å². The fourth-order valence-electron chi connectivity index (χ4n) is 1.74. The van der Waals surface area contributed by atoms with Crippen LogP contribution in [0, 0.1) is 0 Å². The van der Waals surface area contributed by atoms with Gasteiger partial charge in [-0.1, -0.05) is 0 Å². The number of hydrogen-bond donors (Lipinski definition) is 2. The predicted octanol–water partition coefficient (Wildman–Crippen LogP) is -1.05. The Kier molecular flexibility index (Phi) is 3.86. The summed E-state index contributed by atoms with van der Waals surface area (Å²) >= 11 is 0. The van der Waals surface area contributed by atoms with E-state index in [9.17, 15) is 19.2 Å². The van der Waals surface area contributed by atoms with Crippen LogP contribution in [0.25, 0.3) is 0 Å². The molecule has 2 heterocycles. The summed E-state index contributed by atoms with van der Waals surface area (Å²) in [5.74, 6) is -1.60. The molecule has 0 aromatic heterocycles. The highest BCUT2D eigenvalue weighted by Crippen LogP contribution is 2.09. The highest BCUT2D eigenvalue weighted by Gasteiger charge is 2.21. The summed E-state index contributed by atoms with van der Waals surface area (Å²) in [6.07, 6.45) is 3.16. The molecule has 2 aliphatic heterocycles. The average Bonchev–Trinajstić information content (AvgIpc) is 2.81. The zero-order valence-corrected chi connectivity index (χ0v) is 10.0. The summed E-state index contributed by atoms with van der Waals surface area (Å²) in [6, 6.07) is 0. The zero-order chi connectivity index (χ0) is 13.8. The number of ether oxygens (including phenoxy) is 1. The van der Waals surface area contributed by atoms with E-state index in [0.717, 1.165) is 0 Å². The van der Waals surface area contributed by atoms with Crippen molar-refractivity contribution >= 4 is 23.6 Å². The molecule has 0 spiro atoms. The molecule has 0 unspecified atom stereocenters. The SMILES string of the molecule is O=C1C=C(CCOCCC2=CC(=O)NC2=O)C(=O)N1. The Labute approximate surface area is 108 Å². The van der Waals surface area contributed by atoms with E-state index in [0.29, 0.717) is 24.0 Å². The van der Waals surface area contributed by atoms with Gasteiger partial charge in [0, 0.05) is 36.1 Å². The number of imide groups is 2. The molecular weight excluding hydrogens is 252 g/mol. The Bertz CT molecular complexity index is 472. The molecular formula is C12H12N2O5. The fourth-order valence-corrected chi connectivity index (χ4v) is 1.74. The maximum atomic E-state index is 11.2. The molecule has 19 heavy (non-hydrogen) atoms. The van der Waals surface area contributed by atoms with Crippen LogP contribution < -0.4 is 10.6 Å². The Morgan fingerprint density at radius 2 is 1.21 bits per heavy atom. The van der Waals surface area contributed by atoms with Crippen molar-refractivity contribution in [1.82, 2.24) is 10.6 Å². The molecule has 0 atom stereocenters. The number of hydrogen-bond acceptors (Lipinski definition) is 5. The van der Waals surface area contributed by atoms with Gasteiger partial charge in [-0.05, 0) is 0 Å². The van der Waals surface area contributed by atoms with Gasteiger partial charge in [0.25, 0.3) is 23.6 Å². The van der Waals surface area contributed by atoms with Crippen LogP contribution in [0.2, 0.25) is 0 Å². The van der Waals surface area contributed by atoms with Crippen molar-refractivity contribution in [3.8, 4) is 0 Å². The molecule has 2 N–H and O–H groups in total. The molecule has 2 aliphatic rings. The lowest BCUT2D eigenvalue weighted by Gasteiger charge is -2.03. The van der Waals surface area contributed by atoms with Crippen molar-refractivity contribution in [3.63, 3.8) is 0 Å². The Balaban J connectivity index is 1.66. The molecule has 4 amide bonds. The first kappa shape index (κ1) is 13.2. The summed E-state index contributed by atoms with van der Waals surface area (Å²) in [7, 11) is 0. The molecule has 0 radical (unpaired) electrons. The van der Waals surface area contributed by atoms with E-state index in [1.807, 2.05) is 0 Å². The van der Waals surface area contributed by atoms with Crippen molar-refractivity contribution in [2.45, 2.75) is 12.8 Å². The lowest BCUT2D eigenvalue weighted by Crippen LogP contribution is -2.22. The Hall–Kier alpha value is -2.28. The van der Waals surface area contributed by atoms with Crippen molar-refractivity contribution in [2.75, 3.05) is 13.2 Å². The van der Waals surface area contributed by atoms with Gasteiger partial charge in [0.1, 0.15) is 0 Å². The third-order valence-electron chi connectivity index (χ3n) is 2.70. The standard InChI is InChI=1S/C12H12N2O5/c15-9-5-7(11(17)13-9)1-3-19-4-2-8-6-10(16)14-12(8)18/h5-6H,1-4H2,(H,13,15,17)(H,14,16,18). The van der Waals surface area contributed by atoms with Crippen molar-refractivity contribution < 1.29 is 23.9 Å². The summed E-state index contributed by atoms with van der Waals surface area (Å²) < 4.78 is 5.26. The molecule has 0 saturated heterocycles. The molecule has 7 nitrogen and oxygen atoms in total. The van der Waals surface area contributed by atoms with Crippen LogP contribution >= 0.6 is 0 Å². The monoisotopic (exact) mass is 264 g/mol. The van der Waals surface area contributed by atoms with E-state index >= 15 is 0 Å². The van der Waals surface area contributed by atoms with Crippen molar-refractivity contribution in [2.24, 2.45) is 0 Å². The van der Waals surface area contributed by atoms with Gasteiger partial charge >= 0.3 is 0 Å². The van der Waals surface area contributed by atoms with E-state index in [2.05, 4.69) is 10.6 Å². The smallest absolute Gasteiger partial charge is 0.254 e. The third-order valence-corrected chi connectivity index (χ3v) is 2.70. The Morgan fingerprint density at radius 3 is 1.53 bits per heavy atom. The Morgan fingerprint density at radius 1 is 0.789 bits per heavy atom. The summed E-state index contributed by atoms with van der Waals surface area (Å²) in [4.78, 5) is 44.1. The molecule has 0 saturated carbocycles. The van der Waals surface area contributed by atoms with Crippen LogP contribution in [0.5, 0.6) is 0 Å². The zero-order valence-electron chi connectivity index (χ0n) is 10.0. The maximum Gasteiger partial charge on any atom is 0.254 e. The van der Waals surface area contributed by atoms with Gasteiger partial charge in [0.15, 0.2) is 0 Å². The van der Waals surface area contributed by atoms with Gasteiger partial charge in [-0.2, -0.15) is 0 Å². The maximum absolute atomic E-state index is 11.2. The third kappa shape index (κ3) is 3.35. The molecule has 7 heteroatoms. The molecule has 0 aromatic carbocycles. The average molecular weight is 264 g/mol. The number of carbonyl (C=O) groups is 4. The largest absolute Gasteiger partial charge is 0.381 e. The second kappa shape index (κ2) is 5.57. The number of carbonyl (C=O) groups excluding carboxylic acids is 4. The molecule has 100 valence electrons. The van der Waals surface area contributed by atoms with E-state index in [1.165, 1.54) is 12.2 Å². The van der Waals surface area contributed by atoms with Gasteiger partial charge in [-0.15, -0.1) is 0 Å². The molecule has 0 aliphatic carbocycles. The van der Waals surface area contributed by atoms with Crippen LogP contribution in [-0.4, -0.2) is 36.8 Å². The highest BCUT2D eigenvalue weighted by molar-refractivity contribution is 6.16. The number of amides is 4. The second-order valence-corrected chi connectivity index (χ2v) is 4.09. The topological polar surface area (TPSA) is 102 Å². The van der Waals surface area contributed by atoms with Crippen molar-refractivity contribution in [3.05, 3.63) is 23.3 Å². The summed E-state index contributed by atoms with van der Waals surface area (Å²) in [5, 5.41) is 4.28. The fraction of sp³-hybridized carbons (Fsp3) is 0.333. The van der Waals surface area contributed by atoms with Gasteiger partial charge in [0.2, 0.25) is 0 Å². The van der Waals surface area contributed by atoms with E-state index in [1.54, 1.807) is 0 Å². The van der Waals surface area contributed by atoms with Gasteiger partial charge in [0.05, 0.1) is 13.2 Å². The lowest BCUT2D eigenvalue weighted by atomic mass is 10.2. The molecule has 0 fully saturated rings. The minimum Gasteiger partial charge on any atom is -0.381 e. The van der Waals surface area contributed by atoms with Crippen LogP contribution in [-0.2, 0) is 23.9 Å². The van der Waals surface area contributed by atoms with E-state index < -0.39 is 23.6 Å². The number of rotatable bonds is 6. The quantitative estimate of drug-likeness (QED) is 0.471. The molecule has 0 bridgehead atoms.